The van der Waals surface area contributed by atoms with Gasteiger partial charge < -0.3 is 40.2 Å². The van der Waals surface area contributed by atoms with Crippen molar-refractivity contribution in [2.45, 2.75) is 82.2 Å². The van der Waals surface area contributed by atoms with Crippen LogP contribution in [0.1, 0.15) is 63.4 Å². The van der Waals surface area contributed by atoms with Gasteiger partial charge in [-0.15, -0.1) is 6.58 Å². The van der Waals surface area contributed by atoms with E-state index in [1.165, 1.54) is 14.2 Å². The molecule has 0 spiro atoms. The molecule has 14 nitrogen and oxygen atoms in total. The number of fused-ring (bicyclic) bond motifs is 4. The predicted molar refractivity (Wildman–Crippen MR) is 213 cm³/mol. The molecule has 1 aromatic heterocycles. The van der Waals surface area contributed by atoms with Crippen LogP contribution in [0.2, 0.25) is 0 Å². The maximum Gasteiger partial charge on any atom is 0.407 e. The van der Waals surface area contributed by atoms with Gasteiger partial charge in [-0.05, 0) is 73.8 Å². The molecular weight excluding hydrogens is 713 g/mol. The van der Waals surface area contributed by atoms with Crippen molar-refractivity contribution in [3.05, 3.63) is 78.2 Å². The number of aromatic amines is 1. The van der Waals surface area contributed by atoms with Crippen molar-refractivity contribution in [2.24, 2.45) is 10.9 Å². The molecule has 4 unspecified atom stereocenters. The Hall–Kier alpha value is -6.10. The summed E-state index contributed by atoms with van der Waals surface area (Å²) in [5, 5.41) is 10.9. The third-order valence-electron chi connectivity index (χ3n) is 10.9. The van der Waals surface area contributed by atoms with Gasteiger partial charge in [0.2, 0.25) is 11.8 Å². The molecule has 4 heterocycles. The highest BCUT2D eigenvalue weighted by atomic mass is 16.5. The minimum absolute atomic E-state index is 0.0841. The van der Waals surface area contributed by atoms with E-state index in [-0.39, 0.29) is 41.9 Å². The first-order valence-electron chi connectivity index (χ1n) is 19.2. The minimum Gasteiger partial charge on any atom is -0.453 e. The Balaban J connectivity index is 1.04. The van der Waals surface area contributed by atoms with Crippen molar-refractivity contribution in [3.8, 4) is 11.8 Å². The van der Waals surface area contributed by atoms with Gasteiger partial charge in [-0.2, -0.15) is 0 Å². The molecule has 7 rings (SSSR count). The summed E-state index contributed by atoms with van der Waals surface area (Å²) in [5.41, 5.74) is 3.44. The van der Waals surface area contributed by atoms with Crippen LogP contribution in [0.3, 0.4) is 0 Å². The number of likely N-dealkylation sites (tertiary alicyclic amines) is 2. The number of nitrogens with one attached hydrogen (secondary N) is 4. The average molecular weight is 761 g/mol. The Morgan fingerprint density at radius 3 is 2.45 bits per heavy atom. The number of allylic oxidation sites excluding steroid dienone is 2. The number of alkyl carbamates (subject to hydrolysis) is 2. The summed E-state index contributed by atoms with van der Waals surface area (Å²) in [6.45, 7) is 8.70. The lowest BCUT2D eigenvalue weighted by atomic mass is 9.99. The number of aliphatic imine (C=N–C) groups is 1. The fraction of sp³-hybridized carbons (Fsp3) is 0.429. The lowest BCUT2D eigenvalue weighted by Crippen LogP contribution is -2.53. The van der Waals surface area contributed by atoms with E-state index >= 15 is 0 Å². The Morgan fingerprint density at radius 2 is 1.71 bits per heavy atom. The van der Waals surface area contributed by atoms with E-state index in [1.807, 2.05) is 55.2 Å². The summed E-state index contributed by atoms with van der Waals surface area (Å²) in [5.74, 6) is 7.69. The summed E-state index contributed by atoms with van der Waals surface area (Å²) in [7, 11) is 2.56. The molecule has 0 saturated carbocycles. The molecule has 1 aliphatic carbocycles. The van der Waals surface area contributed by atoms with Crippen molar-refractivity contribution in [3.63, 3.8) is 0 Å². The van der Waals surface area contributed by atoms with Crippen molar-refractivity contribution in [1.29, 1.82) is 0 Å². The van der Waals surface area contributed by atoms with Crippen molar-refractivity contribution >= 4 is 51.6 Å². The number of hydrogen-bond acceptors (Lipinski definition) is 9. The first-order valence-corrected chi connectivity index (χ1v) is 19.2. The van der Waals surface area contributed by atoms with E-state index < -0.39 is 24.3 Å². The number of hydrogen-bond donors (Lipinski definition) is 4. The van der Waals surface area contributed by atoms with E-state index in [0.717, 1.165) is 70.3 Å². The topological polar surface area (TPSA) is 170 Å². The fourth-order valence-electron chi connectivity index (χ4n) is 8.05. The first kappa shape index (κ1) is 38.2. The molecule has 2 aromatic carbocycles. The van der Waals surface area contributed by atoms with Crippen LogP contribution in [0, 0.1) is 17.8 Å². The molecule has 3 aliphatic heterocycles. The molecule has 2 fully saturated rings. The molecule has 0 bridgehead atoms. The Bertz CT molecular complexity index is 2210. The number of amidine groups is 1. The molecule has 56 heavy (non-hydrogen) atoms. The highest BCUT2D eigenvalue weighted by Crippen LogP contribution is 2.34. The summed E-state index contributed by atoms with van der Waals surface area (Å²) in [6, 6.07) is 8.05. The number of carbonyl (C=O) groups is 4. The van der Waals surface area contributed by atoms with E-state index in [1.54, 1.807) is 11.0 Å². The smallest absolute Gasteiger partial charge is 0.407 e. The second kappa shape index (κ2) is 16.3. The first-order chi connectivity index (χ1) is 27.1. The zero-order chi connectivity index (χ0) is 39.5. The van der Waals surface area contributed by atoms with Crippen LogP contribution >= 0.6 is 0 Å². The summed E-state index contributed by atoms with van der Waals surface area (Å²) < 4.78 is 9.50. The third-order valence-corrected chi connectivity index (χ3v) is 10.9. The largest absolute Gasteiger partial charge is 0.453 e. The number of benzene rings is 2. The Labute approximate surface area is 325 Å². The van der Waals surface area contributed by atoms with Crippen LogP contribution in [-0.2, 0) is 19.1 Å². The summed E-state index contributed by atoms with van der Waals surface area (Å²) >= 11 is 0. The predicted octanol–water partition coefficient (Wildman–Crippen LogP) is 4.64. The second-order valence-electron chi connectivity index (χ2n) is 14.9. The van der Waals surface area contributed by atoms with Crippen LogP contribution in [0.25, 0.3) is 21.8 Å². The maximum absolute atomic E-state index is 13.6. The lowest BCUT2D eigenvalue weighted by molar-refractivity contribution is -0.135. The number of carbonyl (C=O) groups excluding carboxylic acids is 4. The van der Waals surface area contributed by atoms with Gasteiger partial charge in [0.15, 0.2) is 0 Å². The number of imidazole rings is 1. The van der Waals surface area contributed by atoms with Crippen LogP contribution in [0.5, 0.6) is 0 Å². The van der Waals surface area contributed by atoms with Gasteiger partial charge in [-0.3, -0.25) is 14.6 Å². The molecule has 292 valence electrons. The van der Waals surface area contributed by atoms with E-state index in [9.17, 15) is 19.2 Å². The second-order valence-corrected chi connectivity index (χ2v) is 14.9. The van der Waals surface area contributed by atoms with Crippen LogP contribution < -0.4 is 16.0 Å². The Kier molecular flexibility index (Phi) is 11.1. The molecule has 2 saturated heterocycles. The fourth-order valence-corrected chi connectivity index (χ4v) is 8.05. The molecule has 4 amide bonds. The van der Waals surface area contributed by atoms with E-state index in [4.69, 9.17) is 19.5 Å². The molecular formula is C42H48N8O6. The number of H-pyrrole nitrogens is 1. The lowest BCUT2D eigenvalue weighted by Gasteiger charge is -2.29. The van der Waals surface area contributed by atoms with Crippen LogP contribution in [0.15, 0.2) is 71.8 Å². The van der Waals surface area contributed by atoms with Gasteiger partial charge in [0.1, 0.15) is 23.7 Å². The average Bonchev–Trinajstić information content (AvgIpc) is 4.03. The number of ether oxygens (including phenoxy) is 2. The van der Waals surface area contributed by atoms with Crippen molar-refractivity contribution < 1.29 is 28.7 Å². The van der Waals surface area contributed by atoms with E-state index in [0.29, 0.717) is 19.5 Å². The van der Waals surface area contributed by atoms with Crippen molar-refractivity contribution in [1.82, 2.24) is 35.7 Å². The van der Waals surface area contributed by atoms with Gasteiger partial charge in [-0.1, -0.05) is 50.0 Å². The van der Waals surface area contributed by atoms with E-state index in [2.05, 4.69) is 51.5 Å². The quantitative estimate of drug-likeness (QED) is 0.181. The molecule has 3 aromatic rings. The number of aromatic nitrogens is 2. The molecule has 0 radical (unpaired) electrons. The molecule has 4 aliphatic rings. The highest BCUT2D eigenvalue weighted by molar-refractivity contribution is 6.04. The van der Waals surface area contributed by atoms with Gasteiger partial charge >= 0.3 is 12.2 Å². The van der Waals surface area contributed by atoms with Crippen molar-refractivity contribution in [2.75, 3.05) is 27.3 Å². The summed E-state index contributed by atoms with van der Waals surface area (Å²) in [4.78, 5) is 68.1. The monoisotopic (exact) mass is 760 g/mol. The number of nitrogens with zero attached hydrogens (tertiary/aromatic N) is 4. The normalized spacial score (nSPS) is 22.4. The zero-order valence-electron chi connectivity index (χ0n) is 32.1. The zero-order valence-corrected chi connectivity index (χ0v) is 32.1. The Morgan fingerprint density at radius 1 is 0.982 bits per heavy atom. The number of amides is 4. The number of rotatable bonds is 9. The minimum atomic E-state index is -0.758. The van der Waals surface area contributed by atoms with Crippen LogP contribution in [-0.4, -0.2) is 107 Å². The van der Waals surface area contributed by atoms with Gasteiger partial charge in [0.05, 0.1) is 49.4 Å². The van der Waals surface area contributed by atoms with Gasteiger partial charge in [-0.25, -0.2) is 14.6 Å². The van der Waals surface area contributed by atoms with Gasteiger partial charge in [0, 0.05) is 29.6 Å². The standard InChI is InChI=1S/C42H48N8O6/c1-6-9-31(46-41(53)55-4)39(51)49-20-7-10-33(49)37-43-29-18-15-26(23-32(29)45-37)13-12-25-14-17-28-27(22-25)16-19-30-36(28)47-38(44-30)34-11-8-21-50(34)40(52)35(24(2)3)48-42(54)56-5/h6,14-19,22-24,29,31-35H,1,7-11,20-21H2,2-5H3,(H,43,45)(H,44,47)(H,46,53)(H,48,54)/t29?,31-,32?,33?,34?,35-/m0/s1. The summed E-state index contributed by atoms with van der Waals surface area (Å²) in [6.07, 6.45) is 9.95. The SMILES string of the molecule is C=CC[C@H](NC(=O)OC)C(=O)N1CCCC1C1=NC2C=CC(C#Cc3ccc4c(ccc5[nH]c(C6CCCN6C(=O)[C@@H](NC(=O)OC)C(C)C)nc54)c3)=CC2N1. The molecule has 4 N–H and O–H groups in total. The maximum atomic E-state index is 13.6. The van der Waals surface area contributed by atoms with Crippen LogP contribution in [0.4, 0.5) is 9.59 Å². The third kappa shape index (κ3) is 7.71. The molecule has 14 heteroatoms. The number of methoxy groups -OCH3 is 2. The highest BCUT2D eigenvalue weighted by Gasteiger charge is 2.40. The molecule has 6 atom stereocenters. The van der Waals surface area contributed by atoms with Gasteiger partial charge in [0.25, 0.3) is 0 Å².